The SMILES string of the molecule is C=CC[n+]1ccn(-c2nc3ccccc3nc2N=S(=O)(O)c2cc(F)ccc2F)c1. The zero-order valence-electron chi connectivity index (χ0n) is 15.5. The van der Waals surface area contributed by atoms with Gasteiger partial charge in [0, 0.05) is 0 Å². The molecular weight excluding hydrogens is 412 g/mol. The minimum Gasteiger partial charge on any atom is -0.296 e. The predicted molar refractivity (Wildman–Crippen MR) is 107 cm³/mol. The lowest BCUT2D eigenvalue weighted by Gasteiger charge is -2.07. The molecule has 0 fully saturated rings. The maximum atomic E-state index is 14.1. The number of rotatable bonds is 5. The molecule has 30 heavy (non-hydrogen) atoms. The minimum atomic E-state index is -4.35. The number of hydrogen-bond donors (Lipinski definition) is 1. The summed E-state index contributed by atoms with van der Waals surface area (Å²) < 4.78 is 58.1. The quantitative estimate of drug-likeness (QED) is 0.387. The molecule has 2 heterocycles. The molecule has 4 rings (SSSR count). The summed E-state index contributed by atoms with van der Waals surface area (Å²) in [5.74, 6) is -1.93. The van der Waals surface area contributed by atoms with Gasteiger partial charge in [-0.3, -0.25) is 4.55 Å². The first kappa shape index (κ1) is 19.8. The average Bonchev–Trinajstić information content (AvgIpc) is 3.17. The van der Waals surface area contributed by atoms with E-state index in [1.807, 2.05) is 0 Å². The molecule has 0 aliphatic rings. The number of para-hydroxylation sites is 2. The van der Waals surface area contributed by atoms with E-state index in [9.17, 15) is 17.5 Å². The van der Waals surface area contributed by atoms with Crippen LogP contribution < -0.4 is 4.57 Å². The van der Waals surface area contributed by atoms with Crippen molar-refractivity contribution in [3.63, 3.8) is 0 Å². The molecule has 0 aliphatic heterocycles. The fourth-order valence-corrected chi connectivity index (χ4v) is 3.88. The van der Waals surface area contributed by atoms with Gasteiger partial charge >= 0.3 is 0 Å². The number of imidazole rings is 1. The lowest BCUT2D eigenvalue weighted by atomic mass is 10.3. The van der Waals surface area contributed by atoms with Crippen LogP contribution in [-0.4, -0.2) is 23.3 Å². The molecule has 0 amide bonds. The maximum Gasteiger partial charge on any atom is 0.272 e. The van der Waals surface area contributed by atoms with Crippen LogP contribution in [0.15, 0.2) is 83.1 Å². The summed E-state index contributed by atoms with van der Waals surface area (Å²) in [7, 11) is -4.35. The zero-order valence-corrected chi connectivity index (χ0v) is 16.3. The summed E-state index contributed by atoms with van der Waals surface area (Å²) in [5, 5.41) is 0. The van der Waals surface area contributed by atoms with Crippen LogP contribution in [0, 0.1) is 11.6 Å². The van der Waals surface area contributed by atoms with Crippen LogP contribution in [0.5, 0.6) is 0 Å². The summed E-state index contributed by atoms with van der Waals surface area (Å²) >= 11 is 0. The third kappa shape index (κ3) is 3.82. The zero-order chi connectivity index (χ0) is 21.3. The van der Waals surface area contributed by atoms with E-state index in [1.165, 1.54) is 0 Å². The molecule has 0 spiro atoms. The number of allylic oxidation sites excluding steroid dienone is 1. The van der Waals surface area contributed by atoms with Crippen molar-refractivity contribution in [3.05, 3.63) is 85.5 Å². The van der Waals surface area contributed by atoms with E-state index in [1.54, 1.807) is 58.2 Å². The minimum absolute atomic E-state index is 0.162. The second-order valence-corrected chi connectivity index (χ2v) is 7.94. The van der Waals surface area contributed by atoms with Crippen molar-refractivity contribution in [1.82, 2.24) is 14.5 Å². The first-order valence-electron chi connectivity index (χ1n) is 8.77. The van der Waals surface area contributed by atoms with Crippen molar-refractivity contribution in [2.45, 2.75) is 11.4 Å². The van der Waals surface area contributed by atoms with Crippen molar-refractivity contribution in [1.29, 1.82) is 0 Å². The average molecular weight is 428 g/mol. The lowest BCUT2D eigenvalue weighted by molar-refractivity contribution is -0.686. The van der Waals surface area contributed by atoms with Crippen LogP contribution in [0.3, 0.4) is 0 Å². The Hall–Kier alpha value is -3.50. The smallest absolute Gasteiger partial charge is 0.272 e. The molecule has 0 saturated carbocycles. The summed E-state index contributed by atoms with van der Waals surface area (Å²) in [6, 6.07) is 9.18. The van der Waals surface area contributed by atoms with E-state index in [-0.39, 0.29) is 11.6 Å². The summed E-state index contributed by atoms with van der Waals surface area (Å²) in [4.78, 5) is 8.07. The molecule has 10 heteroatoms. The van der Waals surface area contributed by atoms with Gasteiger partial charge in [0.2, 0.25) is 15.8 Å². The summed E-state index contributed by atoms with van der Waals surface area (Å²) in [6.07, 6.45) is 6.81. The summed E-state index contributed by atoms with van der Waals surface area (Å²) in [6.45, 7) is 4.21. The normalized spacial score (nSPS) is 13.2. The van der Waals surface area contributed by atoms with Gasteiger partial charge in [-0.2, -0.15) is 4.57 Å². The van der Waals surface area contributed by atoms with Crippen molar-refractivity contribution >= 4 is 26.9 Å². The molecule has 2 aromatic carbocycles. The van der Waals surface area contributed by atoms with E-state index < -0.39 is 26.5 Å². The molecule has 0 saturated heterocycles. The first-order chi connectivity index (χ1) is 14.4. The maximum absolute atomic E-state index is 14.1. The van der Waals surface area contributed by atoms with Crippen LogP contribution in [-0.2, 0) is 16.6 Å². The largest absolute Gasteiger partial charge is 0.296 e. The standard InChI is InChI=1S/C20H15F2N5O2S/c1-2-9-26-10-11-27(13-26)20-19(23-16-5-3-4-6-17(16)24-20)25-30(28,29)18-12-14(21)7-8-15(18)22/h2-8,10-13H,1,9H2/p+1. The number of fused-ring (bicyclic) bond motifs is 1. The molecule has 4 aromatic rings. The van der Waals surface area contributed by atoms with Gasteiger partial charge < -0.3 is 0 Å². The van der Waals surface area contributed by atoms with Gasteiger partial charge in [0.15, 0.2) is 0 Å². The fraction of sp³-hybridized carbons (Fsp3) is 0.0500. The Morgan fingerprint density at radius 2 is 1.93 bits per heavy atom. The highest BCUT2D eigenvalue weighted by molar-refractivity contribution is 7.88. The third-order valence-corrected chi connectivity index (χ3v) is 5.51. The number of benzene rings is 2. The highest BCUT2D eigenvalue weighted by atomic mass is 32.2. The highest BCUT2D eigenvalue weighted by Gasteiger charge is 2.21. The van der Waals surface area contributed by atoms with Gasteiger partial charge in [-0.15, -0.1) is 4.36 Å². The number of nitrogens with zero attached hydrogens (tertiary/aromatic N) is 5. The first-order valence-corrected chi connectivity index (χ1v) is 10.2. The molecule has 1 unspecified atom stereocenters. The Morgan fingerprint density at radius 1 is 1.20 bits per heavy atom. The van der Waals surface area contributed by atoms with E-state index in [4.69, 9.17) is 0 Å². The molecule has 2 aromatic heterocycles. The topological polar surface area (TPSA) is 84.3 Å². The van der Waals surface area contributed by atoms with E-state index in [2.05, 4.69) is 20.9 Å². The van der Waals surface area contributed by atoms with Gasteiger partial charge in [0.05, 0.1) is 11.0 Å². The van der Waals surface area contributed by atoms with Crippen LogP contribution in [0.25, 0.3) is 16.9 Å². The third-order valence-electron chi connectivity index (χ3n) is 4.20. The highest BCUT2D eigenvalue weighted by Crippen LogP contribution is 2.27. The molecule has 0 radical (unpaired) electrons. The Balaban J connectivity index is 1.96. The van der Waals surface area contributed by atoms with Crippen LogP contribution in [0.1, 0.15) is 0 Å². The van der Waals surface area contributed by atoms with Gasteiger partial charge in [-0.05, 0) is 30.3 Å². The number of aromatic nitrogens is 4. The lowest BCUT2D eigenvalue weighted by Crippen LogP contribution is -2.29. The van der Waals surface area contributed by atoms with Crippen LogP contribution in [0.2, 0.25) is 0 Å². The predicted octanol–water partition coefficient (Wildman–Crippen LogP) is 3.80. The van der Waals surface area contributed by atoms with Crippen molar-refractivity contribution in [2.75, 3.05) is 0 Å². The van der Waals surface area contributed by atoms with Gasteiger partial charge in [0.1, 0.15) is 35.5 Å². The second-order valence-electron chi connectivity index (χ2n) is 6.33. The van der Waals surface area contributed by atoms with Crippen LogP contribution >= 0.6 is 0 Å². The number of halogens is 2. The van der Waals surface area contributed by atoms with Gasteiger partial charge in [-0.1, -0.05) is 24.8 Å². The Kier molecular flexibility index (Phi) is 5.10. The van der Waals surface area contributed by atoms with Gasteiger partial charge in [0.25, 0.3) is 12.1 Å². The molecule has 1 atom stereocenters. The van der Waals surface area contributed by atoms with Gasteiger partial charge in [-0.25, -0.2) is 27.5 Å². The molecular formula is C20H16F2N5O2S+. The summed E-state index contributed by atoms with van der Waals surface area (Å²) in [5.41, 5.74) is 0.970. The fourth-order valence-electron chi connectivity index (χ4n) is 2.84. The van der Waals surface area contributed by atoms with Crippen molar-refractivity contribution < 1.29 is 22.1 Å². The van der Waals surface area contributed by atoms with E-state index in [0.29, 0.717) is 23.6 Å². The second kappa shape index (κ2) is 7.73. The van der Waals surface area contributed by atoms with Crippen molar-refractivity contribution in [3.8, 4) is 5.82 Å². The van der Waals surface area contributed by atoms with Crippen LogP contribution in [0.4, 0.5) is 14.6 Å². The molecule has 0 aliphatic carbocycles. The Morgan fingerprint density at radius 3 is 2.67 bits per heavy atom. The molecule has 1 N–H and O–H groups in total. The van der Waals surface area contributed by atoms with Crippen molar-refractivity contribution in [2.24, 2.45) is 4.36 Å². The van der Waals surface area contributed by atoms with E-state index in [0.717, 1.165) is 12.1 Å². The Bertz CT molecular complexity index is 1390. The monoisotopic (exact) mass is 428 g/mol. The molecule has 0 bridgehead atoms. The Labute approximate surface area is 171 Å². The molecule has 7 nitrogen and oxygen atoms in total. The number of hydrogen-bond acceptors (Lipinski definition) is 4. The van der Waals surface area contributed by atoms with E-state index >= 15 is 0 Å². The molecule has 152 valence electrons.